The minimum atomic E-state index is -1.55. The van der Waals surface area contributed by atoms with Gasteiger partial charge < -0.3 is 8.68 Å². The first kappa shape index (κ1) is 25.1. The second-order valence-corrected chi connectivity index (χ2v) is 31.7. The molecule has 9 heteroatoms. The lowest BCUT2D eigenvalue weighted by molar-refractivity contribution is -0.117. The van der Waals surface area contributed by atoms with Gasteiger partial charge in [0, 0.05) is 0 Å². The largest absolute Gasteiger partial charge is 0.349 e. The van der Waals surface area contributed by atoms with E-state index in [1.165, 1.54) is 37.0 Å². The van der Waals surface area contributed by atoms with Crippen molar-refractivity contribution in [2.75, 3.05) is 0 Å². The summed E-state index contributed by atoms with van der Waals surface area (Å²) in [6.07, 6.45) is 5.71. The van der Waals surface area contributed by atoms with Gasteiger partial charge in [0.15, 0.2) is 32.9 Å². The van der Waals surface area contributed by atoms with Crippen LogP contribution in [0, 0.1) is 5.92 Å². The quantitative estimate of drug-likeness (QED) is 0.431. The molecule has 0 N–H and O–H groups in total. The van der Waals surface area contributed by atoms with Gasteiger partial charge in [0.25, 0.3) is 0 Å². The van der Waals surface area contributed by atoms with Crippen molar-refractivity contribution >= 4 is 50.1 Å². The summed E-state index contributed by atoms with van der Waals surface area (Å²) in [5, 5.41) is 10.8. The minimum Gasteiger partial charge on any atom is -0.349 e. The van der Waals surface area contributed by atoms with Crippen LogP contribution < -0.4 is 0 Å². The lowest BCUT2D eigenvalue weighted by Gasteiger charge is -2.50. The van der Waals surface area contributed by atoms with Crippen molar-refractivity contribution in [1.82, 2.24) is 8.68 Å². The van der Waals surface area contributed by atoms with Gasteiger partial charge in [0.1, 0.15) is 5.78 Å². The lowest BCUT2D eigenvalue weighted by Crippen LogP contribution is -2.63. The Balaban J connectivity index is 2.02. The van der Waals surface area contributed by atoms with Gasteiger partial charge in [-0.25, -0.2) is 10.2 Å². The van der Waals surface area contributed by atoms with E-state index in [9.17, 15) is 4.79 Å². The van der Waals surface area contributed by atoms with Gasteiger partial charge in [-0.05, 0) is 50.4 Å². The van der Waals surface area contributed by atoms with Crippen LogP contribution in [0.5, 0.6) is 0 Å². The van der Waals surface area contributed by atoms with Crippen molar-refractivity contribution in [3.05, 3.63) is 0 Å². The molecule has 3 fully saturated rings. The Morgan fingerprint density at radius 3 is 1.29 bits per heavy atom. The van der Waals surface area contributed by atoms with Crippen molar-refractivity contribution in [2.45, 2.75) is 116 Å². The van der Waals surface area contributed by atoms with Gasteiger partial charge in [0.05, 0.1) is 17.3 Å². The standard InChI is InChI=1S/C22H46N4OSi4/c1-19(27)22-20(23-25-28(2,3)15-11-16-29(25,4)5)13-10-14-21(22)24-26-30(6,7)17-12-18-31(26,8)9/h22H,10-18H2,1-9H3. The number of carbonyl (C=O) groups is 1. The second-order valence-electron chi connectivity index (χ2n) is 12.7. The first-order chi connectivity index (χ1) is 14.2. The topological polar surface area (TPSA) is 48.3 Å². The van der Waals surface area contributed by atoms with Gasteiger partial charge in [-0.2, -0.15) is 0 Å². The fourth-order valence-electron chi connectivity index (χ4n) is 6.38. The Morgan fingerprint density at radius 2 is 1.00 bits per heavy atom. The normalized spacial score (nSPS) is 32.4. The monoisotopic (exact) mass is 494 g/mol. The predicted molar refractivity (Wildman–Crippen MR) is 145 cm³/mol. The molecule has 0 spiro atoms. The molecular weight excluding hydrogens is 449 g/mol. The van der Waals surface area contributed by atoms with Crippen LogP contribution in [-0.2, 0) is 4.79 Å². The molecule has 0 atom stereocenters. The fraction of sp³-hybridized carbons (Fsp3) is 0.864. The van der Waals surface area contributed by atoms with E-state index in [0.717, 1.165) is 30.7 Å². The van der Waals surface area contributed by atoms with Crippen LogP contribution in [-0.4, -0.2) is 58.8 Å². The molecule has 0 bridgehead atoms. The first-order valence-electron chi connectivity index (χ1n) is 12.4. The highest BCUT2D eigenvalue weighted by atomic mass is 28.4. The van der Waals surface area contributed by atoms with E-state index in [4.69, 9.17) is 10.2 Å². The van der Waals surface area contributed by atoms with Crippen LogP contribution in [0.4, 0.5) is 0 Å². The molecule has 2 aliphatic heterocycles. The van der Waals surface area contributed by atoms with Crippen molar-refractivity contribution in [3.63, 3.8) is 0 Å². The summed E-state index contributed by atoms with van der Waals surface area (Å²) < 4.78 is 5.21. The maximum Gasteiger partial charge on any atom is 0.161 e. The summed E-state index contributed by atoms with van der Waals surface area (Å²) in [5.41, 5.74) is 2.24. The highest BCUT2D eigenvalue weighted by molar-refractivity contribution is 6.92. The molecule has 5 nitrogen and oxygen atoms in total. The molecule has 1 aliphatic carbocycles. The first-order valence-corrected chi connectivity index (χ1v) is 25.1. The van der Waals surface area contributed by atoms with Crippen molar-refractivity contribution in [1.29, 1.82) is 0 Å². The Morgan fingerprint density at radius 1 is 0.677 bits per heavy atom. The van der Waals surface area contributed by atoms with E-state index < -0.39 is 32.9 Å². The third kappa shape index (κ3) is 5.19. The maximum absolute atomic E-state index is 13.0. The molecule has 2 heterocycles. The van der Waals surface area contributed by atoms with Gasteiger partial charge in [0.2, 0.25) is 0 Å². The number of hydrazone groups is 2. The molecule has 0 amide bonds. The maximum atomic E-state index is 13.0. The van der Waals surface area contributed by atoms with E-state index in [-0.39, 0.29) is 11.7 Å². The predicted octanol–water partition coefficient (Wildman–Crippen LogP) is 6.32. The molecule has 1 saturated carbocycles. The molecule has 3 aliphatic rings. The second kappa shape index (κ2) is 8.68. The Bertz CT molecular complexity index is 687. The van der Waals surface area contributed by atoms with Crippen LogP contribution in [0.15, 0.2) is 10.2 Å². The third-order valence-corrected chi connectivity index (χ3v) is 26.4. The number of nitrogens with zero attached hydrogens (tertiary/aromatic N) is 4. The molecule has 0 aromatic rings. The highest BCUT2D eigenvalue weighted by Gasteiger charge is 2.47. The number of ketones is 1. The molecule has 31 heavy (non-hydrogen) atoms. The van der Waals surface area contributed by atoms with Crippen molar-refractivity contribution in [2.24, 2.45) is 16.1 Å². The van der Waals surface area contributed by atoms with E-state index in [2.05, 4.69) is 61.1 Å². The smallest absolute Gasteiger partial charge is 0.161 e. The average Bonchev–Trinajstić information content (AvgIpc) is 2.60. The average molecular weight is 495 g/mol. The number of hydrogen-bond acceptors (Lipinski definition) is 5. The van der Waals surface area contributed by atoms with Gasteiger partial charge in [-0.3, -0.25) is 4.79 Å². The van der Waals surface area contributed by atoms with E-state index >= 15 is 0 Å². The minimum absolute atomic E-state index is 0.193. The zero-order valence-electron chi connectivity index (χ0n) is 21.6. The summed E-state index contributed by atoms with van der Waals surface area (Å²) in [5.74, 6) is 0.0471. The molecular formula is C22H46N4OSi4. The third-order valence-electron chi connectivity index (χ3n) is 7.84. The number of hydrogen-bond donors (Lipinski definition) is 0. The van der Waals surface area contributed by atoms with Crippen LogP contribution >= 0.6 is 0 Å². The zero-order chi connectivity index (χ0) is 23.2. The summed E-state index contributed by atoms with van der Waals surface area (Å²) in [7, 11) is -6.22. The lowest BCUT2D eigenvalue weighted by atomic mass is 9.83. The Labute approximate surface area is 195 Å². The summed E-state index contributed by atoms with van der Waals surface area (Å²) >= 11 is 0. The number of carbonyl (C=O) groups excluding carboxylic acids is 1. The number of Topliss-reactive ketones (excluding diaryl/α,β-unsaturated/α-hetero) is 1. The van der Waals surface area contributed by atoms with E-state index in [1.54, 1.807) is 6.92 Å². The molecule has 0 aromatic carbocycles. The van der Waals surface area contributed by atoms with Crippen LogP contribution in [0.3, 0.4) is 0 Å². The Kier molecular flexibility index (Phi) is 7.03. The van der Waals surface area contributed by atoms with Gasteiger partial charge in [-0.1, -0.05) is 65.2 Å². The van der Waals surface area contributed by atoms with Gasteiger partial charge in [-0.15, -0.1) is 0 Å². The zero-order valence-corrected chi connectivity index (χ0v) is 25.6. The van der Waals surface area contributed by atoms with Crippen LogP contribution in [0.1, 0.15) is 39.0 Å². The molecule has 0 unspecified atom stereocenters. The Hall–Kier alpha value is -0.522. The van der Waals surface area contributed by atoms with Crippen molar-refractivity contribution < 1.29 is 4.79 Å². The van der Waals surface area contributed by atoms with Crippen LogP contribution in [0.25, 0.3) is 0 Å². The van der Waals surface area contributed by atoms with Crippen molar-refractivity contribution in [3.8, 4) is 0 Å². The molecule has 0 aromatic heterocycles. The van der Waals surface area contributed by atoms with Crippen LogP contribution in [0.2, 0.25) is 76.6 Å². The summed E-state index contributed by atoms with van der Waals surface area (Å²) in [6, 6.07) is 5.27. The highest BCUT2D eigenvalue weighted by Crippen LogP contribution is 2.38. The molecule has 0 radical (unpaired) electrons. The summed E-state index contributed by atoms with van der Waals surface area (Å²) in [4.78, 5) is 13.0. The molecule has 3 rings (SSSR count). The van der Waals surface area contributed by atoms with E-state index in [1.807, 2.05) is 0 Å². The summed E-state index contributed by atoms with van der Waals surface area (Å²) in [6.45, 7) is 21.6. The van der Waals surface area contributed by atoms with E-state index in [0.29, 0.717) is 0 Å². The fourth-order valence-corrected chi connectivity index (χ4v) is 28.2. The molecule has 2 saturated heterocycles. The number of rotatable bonds is 3. The van der Waals surface area contributed by atoms with Gasteiger partial charge >= 0.3 is 0 Å². The SMILES string of the molecule is CC(=O)C1C(=NN2[Si](C)(C)CCC[Si]2(C)C)CCCC1=NN1[Si](C)(C)CCC[Si]1(C)C. The molecule has 176 valence electrons.